The fraction of sp³-hybridized carbons (Fsp3) is 0.458. The fourth-order valence-corrected chi connectivity index (χ4v) is 4.23. The molecule has 2 aromatic heterocycles. The molecule has 156 valence electrons. The number of benzene rings is 1. The molecule has 1 saturated heterocycles. The number of para-hydroxylation sites is 1. The number of hydrogen-bond donors (Lipinski definition) is 2. The monoisotopic (exact) mass is 403 g/mol. The molecule has 1 unspecified atom stereocenters. The van der Waals surface area contributed by atoms with Crippen molar-refractivity contribution in [3.63, 3.8) is 0 Å². The lowest BCUT2D eigenvalue weighted by Gasteiger charge is -2.12. The van der Waals surface area contributed by atoms with Gasteiger partial charge in [0.25, 0.3) is 5.91 Å². The highest BCUT2D eigenvalue weighted by Crippen LogP contribution is 2.41. The molecular weight excluding hydrogens is 374 g/mol. The lowest BCUT2D eigenvalue weighted by Crippen LogP contribution is -2.28. The van der Waals surface area contributed by atoms with Crippen molar-refractivity contribution in [1.29, 1.82) is 0 Å². The van der Waals surface area contributed by atoms with Gasteiger partial charge in [0, 0.05) is 18.2 Å². The molecule has 6 nitrogen and oxygen atoms in total. The Bertz CT molecular complexity index is 1060. The number of carbonyl (C=O) groups is 1. The van der Waals surface area contributed by atoms with Gasteiger partial charge in [0.1, 0.15) is 0 Å². The third-order valence-corrected chi connectivity index (χ3v) is 5.99. The third-order valence-electron chi connectivity index (χ3n) is 5.99. The van der Waals surface area contributed by atoms with Crippen molar-refractivity contribution in [2.24, 2.45) is 5.92 Å². The van der Waals surface area contributed by atoms with Crippen molar-refractivity contribution in [2.75, 3.05) is 13.1 Å². The predicted molar refractivity (Wildman–Crippen MR) is 118 cm³/mol. The highest BCUT2D eigenvalue weighted by atomic mass is 16.1. The molecule has 5 rings (SSSR count). The zero-order valence-corrected chi connectivity index (χ0v) is 17.7. The Morgan fingerprint density at radius 3 is 2.70 bits per heavy atom. The van der Waals surface area contributed by atoms with E-state index in [1.54, 1.807) is 0 Å². The summed E-state index contributed by atoms with van der Waals surface area (Å²) < 4.78 is 1.93. The van der Waals surface area contributed by atoms with E-state index in [-0.39, 0.29) is 11.9 Å². The topological polar surface area (TPSA) is 71.8 Å². The first kappa shape index (κ1) is 19.2. The second kappa shape index (κ2) is 7.84. The van der Waals surface area contributed by atoms with Gasteiger partial charge >= 0.3 is 0 Å². The predicted octanol–water partition coefficient (Wildman–Crippen LogP) is 4.11. The summed E-state index contributed by atoms with van der Waals surface area (Å²) in [5.74, 6) is 0.834. The van der Waals surface area contributed by atoms with E-state index in [1.807, 2.05) is 41.1 Å². The molecule has 1 atom stereocenters. The first-order chi connectivity index (χ1) is 14.6. The Hall–Kier alpha value is -2.73. The maximum atomic E-state index is 13.3. The van der Waals surface area contributed by atoms with Crippen LogP contribution in [0.2, 0.25) is 0 Å². The second-order valence-corrected chi connectivity index (χ2v) is 8.95. The van der Waals surface area contributed by atoms with E-state index >= 15 is 0 Å². The number of fused-ring (bicyclic) bond motifs is 1. The second-order valence-electron chi connectivity index (χ2n) is 8.95. The molecule has 1 aliphatic carbocycles. The Morgan fingerprint density at radius 2 is 2.03 bits per heavy atom. The molecule has 1 aliphatic heterocycles. The molecular formula is C24H29N5O. The van der Waals surface area contributed by atoms with Gasteiger partial charge in [-0.3, -0.25) is 4.79 Å². The number of aromatic nitrogens is 3. The summed E-state index contributed by atoms with van der Waals surface area (Å²) in [6, 6.07) is 12.3. The maximum Gasteiger partial charge on any atom is 0.252 e. The minimum absolute atomic E-state index is 0.0233. The summed E-state index contributed by atoms with van der Waals surface area (Å²) >= 11 is 0. The van der Waals surface area contributed by atoms with E-state index in [4.69, 9.17) is 10.1 Å². The van der Waals surface area contributed by atoms with Crippen LogP contribution in [-0.4, -0.2) is 33.8 Å². The lowest BCUT2D eigenvalue weighted by atomic mass is 10.0. The zero-order chi connectivity index (χ0) is 20.7. The van der Waals surface area contributed by atoms with Gasteiger partial charge in [0.2, 0.25) is 0 Å². The van der Waals surface area contributed by atoms with Crippen LogP contribution in [0.3, 0.4) is 0 Å². The molecule has 2 N–H and O–H groups in total. The van der Waals surface area contributed by atoms with E-state index in [9.17, 15) is 4.79 Å². The molecule has 3 heterocycles. The summed E-state index contributed by atoms with van der Waals surface area (Å²) in [4.78, 5) is 18.3. The zero-order valence-electron chi connectivity index (χ0n) is 17.7. The quantitative estimate of drug-likeness (QED) is 0.650. The van der Waals surface area contributed by atoms with Crippen LogP contribution in [0.1, 0.15) is 73.2 Å². The number of pyridine rings is 1. The first-order valence-electron chi connectivity index (χ1n) is 11.1. The van der Waals surface area contributed by atoms with Gasteiger partial charge in [-0.05, 0) is 56.3 Å². The molecule has 3 aromatic rings. The number of rotatable bonds is 6. The largest absolute Gasteiger partial charge is 0.352 e. The molecule has 30 heavy (non-hydrogen) atoms. The highest BCUT2D eigenvalue weighted by Gasteiger charge is 2.31. The Balaban J connectivity index is 1.72. The van der Waals surface area contributed by atoms with Gasteiger partial charge in [-0.15, -0.1) is 0 Å². The molecule has 1 amide bonds. The van der Waals surface area contributed by atoms with Gasteiger partial charge in [0.15, 0.2) is 5.65 Å². The normalized spacial score (nSPS) is 19.0. The minimum atomic E-state index is -0.0233. The average Bonchev–Trinajstić information content (AvgIpc) is 3.33. The molecule has 0 bridgehead atoms. The van der Waals surface area contributed by atoms with Crippen molar-refractivity contribution in [2.45, 2.75) is 51.5 Å². The van der Waals surface area contributed by atoms with Gasteiger partial charge in [-0.1, -0.05) is 32.0 Å². The highest BCUT2D eigenvalue weighted by molar-refractivity contribution is 6.07. The van der Waals surface area contributed by atoms with Crippen LogP contribution >= 0.6 is 0 Å². The molecule has 0 radical (unpaired) electrons. The molecule has 2 fully saturated rings. The molecule has 1 saturated carbocycles. The summed E-state index contributed by atoms with van der Waals surface area (Å²) in [6.45, 7) is 5.86. The van der Waals surface area contributed by atoms with Crippen LogP contribution in [-0.2, 0) is 0 Å². The maximum absolute atomic E-state index is 13.3. The Morgan fingerprint density at radius 1 is 1.23 bits per heavy atom. The van der Waals surface area contributed by atoms with Crippen molar-refractivity contribution < 1.29 is 4.79 Å². The standard InChI is InChI=1S/C24H29N5O/c1-15(2)14-26-24(30)18-13-20(16-10-11-16)27-23-21(18)22(19-9-6-12-25-19)28-29(23)17-7-4-3-5-8-17/h3-5,7-8,13,15-16,19,25H,6,9-12,14H2,1-2H3,(H,26,30). The van der Waals surface area contributed by atoms with E-state index in [2.05, 4.69) is 24.5 Å². The Kier molecular flexibility index (Phi) is 5.03. The van der Waals surface area contributed by atoms with Crippen molar-refractivity contribution in [1.82, 2.24) is 25.4 Å². The van der Waals surface area contributed by atoms with Gasteiger partial charge in [-0.25, -0.2) is 9.67 Å². The minimum Gasteiger partial charge on any atom is -0.352 e. The van der Waals surface area contributed by atoms with Gasteiger partial charge < -0.3 is 10.6 Å². The van der Waals surface area contributed by atoms with E-state index < -0.39 is 0 Å². The average molecular weight is 404 g/mol. The molecule has 1 aromatic carbocycles. The van der Waals surface area contributed by atoms with E-state index in [0.717, 1.165) is 60.3 Å². The summed E-state index contributed by atoms with van der Waals surface area (Å²) in [5, 5.41) is 12.6. The molecule has 6 heteroatoms. The number of amides is 1. The van der Waals surface area contributed by atoms with Gasteiger partial charge in [-0.2, -0.15) is 5.10 Å². The van der Waals surface area contributed by atoms with Crippen LogP contribution < -0.4 is 10.6 Å². The summed E-state index contributed by atoms with van der Waals surface area (Å²) in [7, 11) is 0. The molecule has 0 spiro atoms. The van der Waals surface area contributed by atoms with Crippen LogP contribution in [0.15, 0.2) is 36.4 Å². The van der Waals surface area contributed by atoms with Crippen LogP contribution in [0.5, 0.6) is 0 Å². The summed E-state index contributed by atoms with van der Waals surface area (Å²) in [6.07, 6.45) is 4.43. The van der Waals surface area contributed by atoms with Crippen LogP contribution in [0.4, 0.5) is 0 Å². The van der Waals surface area contributed by atoms with Gasteiger partial charge in [0.05, 0.1) is 28.4 Å². The van der Waals surface area contributed by atoms with Crippen molar-refractivity contribution in [3.05, 3.63) is 53.3 Å². The van der Waals surface area contributed by atoms with Crippen LogP contribution in [0, 0.1) is 5.92 Å². The van der Waals surface area contributed by atoms with Crippen LogP contribution in [0.25, 0.3) is 16.7 Å². The fourth-order valence-electron chi connectivity index (χ4n) is 4.23. The lowest BCUT2D eigenvalue weighted by molar-refractivity contribution is 0.0950. The van der Waals surface area contributed by atoms with E-state index in [1.165, 1.54) is 0 Å². The number of carbonyl (C=O) groups excluding carboxylic acids is 1. The summed E-state index contributed by atoms with van der Waals surface area (Å²) in [5.41, 5.74) is 4.44. The number of hydrogen-bond acceptors (Lipinski definition) is 4. The molecule has 2 aliphatic rings. The number of nitrogens with one attached hydrogen (secondary N) is 2. The smallest absolute Gasteiger partial charge is 0.252 e. The first-order valence-corrected chi connectivity index (χ1v) is 11.1. The SMILES string of the molecule is CC(C)CNC(=O)c1cc(C2CC2)nc2c1c(C1CCCN1)nn2-c1ccccc1. The van der Waals surface area contributed by atoms with E-state index in [0.29, 0.717) is 23.9 Å². The number of nitrogens with zero attached hydrogens (tertiary/aromatic N) is 3. The van der Waals surface area contributed by atoms with Crippen molar-refractivity contribution in [3.8, 4) is 5.69 Å². The third kappa shape index (κ3) is 3.60. The van der Waals surface area contributed by atoms with Crippen molar-refractivity contribution >= 4 is 16.9 Å². The Labute approximate surface area is 177 Å².